The molecule has 2 aliphatic rings. The summed E-state index contributed by atoms with van der Waals surface area (Å²) in [5.74, 6) is -2.74. The molecule has 2 aromatic carbocycles. The van der Waals surface area contributed by atoms with Crippen LogP contribution in [0, 0.1) is 17.8 Å². The lowest BCUT2D eigenvalue weighted by atomic mass is 9.76. The normalized spacial score (nSPS) is 21.6. The molecule has 2 fully saturated rings. The van der Waals surface area contributed by atoms with Crippen LogP contribution in [0.3, 0.4) is 0 Å². The molecule has 0 unspecified atom stereocenters. The molecular formula is C25H25N3O6. The summed E-state index contributed by atoms with van der Waals surface area (Å²) in [5, 5.41) is 0. The number of imide groups is 1. The summed E-state index contributed by atoms with van der Waals surface area (Å²) in [5.41, 5.74) is 5.18. The molecule has 0 radical (unpaired) electrons. The number of carbonyl (C=O) groups is 5. The van der Waals surface area contributed by atoms with Gasteiger partial charge < -0.3 is 4.74 Å². The van der Waals surface area contributed by atoms with E-state index in [0.717, 1.165) is 11.3 Å². The average molecular weight is 463 g/mol. The molecule has 2 aromatic rings. The Morgan fingerprint density at radius 2 is 1.62 bits per heavy atom. The van der Waals surface area contributed by atoms with E-state index < -0.39 is 24.4 Å². The third-order valence-corrected chi connectivity index (χ3v) is 6.21. The van der Waals surface area contributed by atoms with E-state index in [1.54, 1.807) is 42.5 Å². The zero-order chi connectivity index (χ0) is 24.2. The Morgan fingerprint density at radius 3 is 2.38 bits per heavy atom. The van der Waals surface area contributed by atoms with Crippen LogP contribution >= 0.6 is 0 Å². The number of esters is 1. The Hall–Kier alpha value is -4.01. The van der Waals surface area contributed by atoms with E-state index in [9.17, 15) is 24.0 Å². The Bertz CT molecular complexity index is 1130. The van der Waals surface area contributed by atoms with E-state index in [2.05, 4.69) is 17.8 Å². The van der Waals surface area contributed by atoms with Gasteiger partial charge in [-0.05, 0) is 55.5 Å². The predicted molar refractivity (Wildman–Crippen MR) is 121 cm³/mol. The summed E-state index contributed by atoms with van der Waals surface area (Å²) in [4.78, 5) is 63.3. The first-order chi connectivity index (χ1) is 16.3. The van der Waals surface area contributed by atoms with Crippen molar-refractivity contribution in [1.82, 2.24) is 10.9 Å². The van der Waals surface area contributed by atoms with Gasteiger partial charge in [-0.2, -0.15) is 0 Å². The standard InChI is InChI=1S/C25H25N3O6/c1-15-10-11-19-20(12-15)24(32)28(23(19)31)18-9-5-8-17(13-18)25(33)34-14-21(29)26-27-22(30)16-6-3-2-4-7-16/h2-9,13,15,19-20H,10-12,14H2,1H3,(H,26,29)(H,27,30)/t15-,19-,20+/m1/s1. The molecule has 1 aliphatic carbocycles. The van der Waals surface area contributed by atoms with Crippen LogP contribution < -0.4 is 15.8 Å². The predicted octanol–water partition coefficient (Wildman–Crippen LogP) is 2.23. The number of hydrogen-bond donors (Lipinski definition) is 2. The highest BCUT2D eigenvalue weighted by Gasteiger charge is 2.50. The van der Waals surface area contributed by atoms with Gasteiger partial charge in [0.1, 0.15) is 0 Å². The number of fused-ring (bicyclic) bond motifs is 1. The van der Waals surface area contributed by atoms with Crippen LogP contribution in [0.15, 0.2) is 54.6 Å². The number of carbonyl (C=O) groups excluding carboxylic acids is 5. The molecule has 176 valence electrons. The molecule has 1 saturated heterocycles. The summed E-state index contributed by atoms with van der Waals surface area (Å²) in [6, 6.07) is 14.3. The third kappa shape index (κ3) is 4.83. The number of rotatable bonds is 5. The van der Waals surface area contributed by atoms with E-state index >= 15 is 0 Å². The van der Waals surface area contributed by atoms with Gasteiger partial charge in [-0.15, -0.1) is 0 Å². The summed E-state index contributed by atoms with van der Waals surface area (Å²) in [7, 11) is 0. The molecule has 3 atom stereocenters. The lowest BCUT2D eigenvalue weighted by Gasteiger charge is -2.25. The van der Waals surface area contributed by atoms with E-state index in [0.29, 0.717) is 30.0 Å². The zero-order valence-electron chi connectivity index (χ0n) is 18.7. The number of anilines is 1. The lowest BCUT2D eigenvalue weighted by molar-refractivity contribution is -0.125. The first-order valence-corrected chi connectivity index (χ1v) is 11.1. The van der Waals surface area contributed by atoms with Gasteiger partial charge in [0.25, 0.3) is 11.8 Å². The number of benzene rings is 2. The number of nitrogens with one attached hydrogen (secondary N) is 2. The average Bonchev–Trinajstić information content (AvgIpc) is 3.10. The van der Waals surface area contributed by atoms with E-state index in [1.807, 2.05) is 0 Å². The van der Waals surface area contributed by atoms with Crippen molar-refractivity contribution in [3.05, 3.63) is 65.7 Å². The van der Waals surface area contributed by atoms with Crippen molar-refractivity contribution in [2.45, 2.75) is 26.2 Å². The maximum absolute atomic E-state index is 12.9. The van der Waals surface area contributed by atoms with Crippen LogP contribution in [-0.4, -0.2) is 36.2 Å². The van der Waals surface area contributed by atoms with E-state index in [-0.39, 0.29) is 29.2 Å². The monoisotopic (exact) mass is 463 g/mol. The van der Waals surface area contributed by atoms with E-state index in [4.69, 9.17) is 4.74 Å². The van der Waals surface area contributed by atoms with Gasteiger partial charge in [-0.1, -0.05) is 31.2 Å². The maximum Gasteiger partial charge on any atom is 0.338 e. The van der Waals surface area contributed by atoms with Crippen molar-refractivity contribution in [2.24, 2.45) is 17.8 Å². The van der Waals surface area contributed by atoms with Gasteiger partial charge in [-0.25, -0.2) is 4.79 Å². The topological polar surface area (TPSA) is 122 Å². The van der Waals surface area contributed by atoms with Gasteiger partial charge in [0, 0.05) is 5.56 Å². The van der Waals surface area contributed by atoms with Crippen molar-refractivity contribution < 1.29 is 28.7 Å². The minimum absolute atomic E-state index is 0.0995. The highest BCUT2D eigenvalue weighted by Crippen LogP contribution is 2.42. The molecule has 9 nitrogen and oxygen atoms in total. The molecule has 9 heteroatoms. The quantitative estimate of drug-likeness (QED) is 0.398. The minimum atomic E-state index is -0.795. The highest BCUT2D eigenvalue weighted by molar-refractivity contribution is 6.22. The fourth-order valence-corrected chi connectivity index (χ4v) is 4.45. The fraction of sp³-hybridized carbons (Fsp3) is 0.320. The number of hydrazine groups is 1. The lowest BCUT2D eigenvalue weighted by Crippen LogP contribution is -2.43. The van der Waals surface area contributed by atoms with Crippen molar-refractivity contribution in [3.8, 4) is 0 Å². The van der Waals surface area contributed by atoms with Gasteiger partial charge in [0.2, 0.25) is 11.8 Å². The molecule has 1 aliphatic heterocycles. The SMILES string of the molecule is C[C@@H]1CC[C@H]2C(=O)N(c3cccc(C(=O)OCC(=O)NNC(=O)c4ccccc4)c3)C(=O)[C@H]2C1. The number of nitrogens with zero attached hydrogens (tertiary/aromatic N) is 1. The summed E-state index contributed by atoms with van der Waals surface area (Å²) >= 11 is 0. The van der Waals surface area contributed by atoms with Gasteiger partial charge >= 0.3 is 5.97 Å². The molecule has 4 rings (SSSR count). The van der Waals surface area contributed by atoms with Crippen molar-refractivity contribution >= 4 is 35.3 Å². The molecule has 0 aromatic heterocycles. The second-order valence-electron chi connectivity index (χ2n) is 8.64. The zero-order valence-corrected chi connectivity index (χ0v) is 18.7. The van der Waals surface area contributed by atoms with Crippen LogP contribution in [0.5, 0.6) is 0 Å². The van der Waals surface area contributed by atoms with Crippen molar-refractivity contribution in [1.29, 1.82) is 0 Å². The third-order valence-electron chi connectivity index (χ3n) is 6.21. The van der Waals surface area contributed by atoms with Crippen LogP contribution in [0.25, 0.3) is 0 Å². The molecule has 1 saturated carbocycles. The number of amides is 4. The molecule has 2 N–H and O–H groups in total. The summed E-state index contributed by atoms with van der Waals surface area (Å²) < 4.78 is 5.02. The second kappa shape index (κ2) is 9.86. The minimum Gasteiger partial charge on any atom is -0.452 e. The molecule has 0 bridgehead atoms. The van der Waals surface area contributed by atoms with Crippen LogP contribution in [0.1, 0.15) is 46.9 Å². The maximum atomic E-state index is 12.9. The number of ether oxygens (including phenoxy) is 1. The van der Waals surface area contributed by atoms with Crippen LogP contribution in [0.2, 0.25) is 0 Å². The Kier molecular flexibility index (Phi) is 6.72. The summed E-state index contributed by atoms with van der Waals surface area (Å²) in [6.45, 7) is 1.46. The molecule has 0 spiro atoms. The molecular weight excluding hydrogens is 438 g/mol. The molecule has 4 amide bonds. The largest absolute Gasteiger partial charge is 0.452 e. The Morgan fingerprint density at radius 1 is 0.912 bits per heavy atom. The van der Waals surface area contributed by atoms with Gasteiger partial charge in [-0.3, -0.25) is 34.9 Å². The first-order valence-electron chi connectivity index (χ1n) is 11.1. The van der Waals surface area contributed by atoms with Gasteiger partial charge in [0.15, 0.2) is 6.61 Å². The van der Waals surface area contributed by atoms with Crippen molar-refractivity contribution in [2.75, 3.05) is 11.5 Å². The number of hydrogen-bond acceptors (Lipinski definition) is 6. The van der Waals surface area contributed by atoms with E-state index in [1.165, 1.54) is 12.1 Å². The van der Waals surface area contributed by atoms with Crippen molar-refractivity contribution in [3.63, 3.8) is 0 Å². The Balaban J connectivity index is 1.34. The molecule has 1 heterocycles. The fourth-order valence-electron chi connectivity index (χ4n) is 4.45. The summed E-state index contributed by atoms with van der Waals surface area (Å²) in [6.07, 6.45) is 2.28. The first kappa shape index (κ1) is 23.2. The highest BCUT2D eigenvalue weighted by atomic mass is 16.5. The second-order valence-corrected chi connectivity index (χ2v) is 8.64. The van der Waals surface area contributed by atoms with Crippen LogP contribution in [0.4, 0.5) is 5.69 Å². The molecule has 34 heavy (non-hydrogen) atoms. The van der Waals surface area contributed by atoms with Crippen LogP contribution in [-0.2, 0) is 19.1 Å². The smallest absolute Gasteiger partial charge is 0.338 e. The van der Waals surface area contributed by atoms with Gasteiger partial charge in [0.05, 0.1) is 23.1 Å². The Labute approximate surface area is 196 Å².